The molecule has 1 aliphatic heterocycles. The van der Waals surface area contributed by atoms with Gasteiger partial charge in [0, 0.05) is 49.3 Å². The summed E-state index contributed by atoms with van der Waals surface area (Å²) in [5.41, 5.74) is 0. The molecule has 0 bridgehead atoms. The number of nitrogens with one attached hydrogen (secondary N) is 4. The van der Waals surface area contributed by atoms with Crippen LogP contribution in [-0.4, -0.2) is 227 Å². The number of carbonyl (C=O) groups excluding carboxylic acids is 11. The predicted octanol–water partition coefficient (Wildman–Crippen LogP) is 1.61. The molecule has 0 aromatic heterocycles. The molecule has 1 aliphatic rings. The van der Waals surface area contributed by atoms with Crippen molar-refractivity contribution >= 4 is 65.0 Å². The van der Waals surface area contributed by atoms with Gasteiger partial charge in [-0.3, -0.25) is 52.7 Å². The minimum absolute atomic E-state index is 0.0245. The van der Waals surface area contributed by atoms with Crippen molar-refractivity contribution in [1.82, 2.24) is 55.6 Å². The third-order valence-electron chi connectivity index (χ3n) is 15.2. The number of aliphatic hydroxyl groups excluding tert-OH is 1. The first-order valence-corrected chi connectivity index (χ1v) is 28.3. The summed E-state index contributed by atoms with van der Waals surface area (Å²) in [6.45, 7) is 24.9. The highest BCUT2D eigenvalue weighted by Crippen LogP contribution is 2.25. The molecule has 456 valence electrons. The first-order chi connectivity index (χ1) is 36.9. The highest BCUT2D eigenvalue weighted by molar-refractivity contribution is 5.99. The van der Waals surface area contributed by atoms with Crippen LogP contribution in [0.5, 0.6) is 0 Å². The van der Waals surface area contributed by atoms with Gasteiger partial charge in [-0.25, -0.2) is 0 Å². The molecule has 1 saturated heterocycles. The van der Waals surface area contributed by atoms with Crippen molar-refractivity contribution in [2.45, 2.75) is 202 Å². The quantitative estimate of drug-likeness (QED) is 0.175. The zero-order chi connectivity index (χ0) is 62.1. The van der Waals surface area contributed by atoms with Crippen LogP contribution in [-0.2, 0) is 52.7 Å². The Labute approximate surface area is 477 Å². The number of rotatable bonds is 12. The smallest absolute Gasteiger partial charge is 0.246 e. The standard InChI is InChI=1S/C57H101N11O12/c1-23-25-26-35(11)47(70)46-51(74)60-40(24-2)53(76)62(16)30-44(69)63(17)38(14)50(73)61-41(27-31(3)4)54(77)64(18)39(15)49(72)58-36(12)48(71)59-37(13)52(75)65(19)42(28-32(5)6)55(78)66(20)43(29-33(7)8)56(79)67(21)45(34(9)10)57(80)68(46)22/h23,25,31-43,45-47,70H,24,26-30H2,1-22H3,(H,58,72)(H,59,71)(H,60,74)(H,61,73)/b25-23+/t35-,36+,37-,38-,39+,40+,41+,42+,43+,45+,46+,47-/m1/s1. The van der Waals surface area contributed by atoms with Crippen LogP contribution in [0.15, 0.2) is 12.2 Å². The maximum absolute atomic E-state index is 15.0. The van der Waals surface area contributed by atoms with E-state index in [0.717, 1.165) is 19.6 Å². The van der Waals surface area contributed by atoms with E-state index in [1.165, 1.54) is 91.7 Å². The van der Waals surface area contributed by atoms with Gasteiger partial charge in [0.1, 0.15) is 60.4 Å². The number of amides is 11. The van der Waals surface area contributed by atoms with Crippen molar-refractivity contribution in [3.63, 3.8) is 0 Å². The van der Waals surface area contributed by atoms with Gasteiger partial charge in [-0.2, -0.15) is 0 Å². The topological polar surface area (TPSA) is 279 Å². The van der Waals surface area contributed by atoms with E-state index < -0.39 is 150 Å². The Hall–Kier alpha value is -6.13. The highest BCUT2D eigenvalue weighted by atomic mass is 16.3. The van der Waals surface area contributed by atoms with Gasteiger partial charge >= 0.3 is 0 Å². The van der Waals surface area contributed by atoms with E-state index in [4.69, 9.17) is 0 Å². The van der Waals surface area contributed by atoms with Crippen LogP contribution in [0.2, 0.25) is 0 Å². The van der Waals surface area contributed by atoms with E-state index >= 15 is 9.59 Å². The maximum atomic E-state index is 15.0. The number of aliphatic hydroxyl groups is 1. The normalized spacial score (nSPS) is 27.7. The van der Waals surface area contributed by atoms with Gasteiger partial charge in [0.25, 0.3) is 0 Å². The Bertz CT molecular complexity index is 2200. The lowest BCUT2D eigenvalue weighted by atomic mass is 9.91. The molecule has 1 fully saturated rings. The van der Waals surface area contributed by atoms with E-state index in [0.29, 0.717) is 6.42 Å². The molecule has 1 heterocycles. The molecule has 0 spiro atoms. The summed E-state index contributed by atoms with van der Waals surface area (Å²) in [4.78, 5) is 165. The van der Waals surface area contributed by atoms with E-state index in [9.17, 15) is 48.3 Å². The average molecular weight is 1130 g/mol. The van der Waals surface area contributed by atoms with Gasteiger partial charge in [0.2, 0.25) is 65.0 Å². The van der Waals surface area contributed by atoms with E-state index in [2.05, 4.69) is 21.3 Å². The van der Waals surface area contributed by atoms with E-state index in [1.54, 1.807) is 46.8 Å². The summed E-state index contributed by atoms with van der Waals surface area (Å²) in [6.07, 6.45) is 2.87. The second-order valence-electron chi connectivity index (χ2n) is 23.6. The molecule has 0 aromatic rings. The molecular formula is C57H101N11O12. The molecule has 23 heteroatoms. The lowest BCUT2D eigenvalue weighted by Gasteiger charge is -2.41. The number of hydrogen-bond donors (Lipinski definition) is 5. The van der Waals surface area contributed by atoms with Crippen LogP contribution in [0.1, 0.15) is 136 Å². The number of hydrogen-bond acceptors (Lipinski definition) is 12. The zero-order valence-corrected chi connectivity index (χ0v) is 52.2. The molecule has 0 aromatic carbocycles. The molecule has 5 N–H and O–H groups in total. The third kappa shape index (κ3) is 19.6. The van der Waals surface area contributed by atoms with Crippen LogP contribution >= 0.6 is 0 Å². The molecule has 1 rings (SSSR count). The number of carbonyl (C=O) groups is 11. The molecule has 12 atom stereocenters. The summed E-state index contributed by atoms with van der Waals surface area (Å²) in [5.74, 6) is -9.20. The Morgan fingerprint density at radius 3 is 1.40 bits per heavy atom. The molecule has 0 radical (unpaired) electrons. The van der Waals surface area contributed by atoms with Crippen LogP contribution < -0.4 is 21.3 Å². The van der Waals surface area contributed by atoms with Crippen molar-refractivity contribution in [3.05, 3.63) is 12.2 Å². The number of likely N-dealkylation sites (N-methyl/N-ethyl adjacent to an activating group) is 7. The van der Waals surface area contributed by atoms with Gasteiger partial charge in [0.15, 0.2) is 0 Å². The fourth-order valence-electron chi connectivity index (χ4n) is 9.61. The number of nitrogens with zero attached hydrogens (tertiary/aromatic N) is 7. The van der Waals surface area contributed by atoms with E-state index in [1.807, 2.05) is 41.5 Å². The lowest BCUT2D eigenvalue weighted by Crippen LogP contribution is -2.63. The minimum atomic E-state index is -1.60. The van der Waals surface area contributed by atoms with Crippen molar-refractivity contribution in [2.75, 3.05) is 55.9 Å². The molecule has 11 amide bonds. The minimum Gasteiger partial charge on any atom is -0.390 e. The maximum Gasteiger partial charge on any atom is 0.246 e. The summed E-state index contributed by atoms with van der Waals surface area (Å²) in [5, 5.41) is 22.7. The summed E-state index contributed by atoms with van der Waals surface area (Å²) >= 11 is 0. The Balaban J connectivity index is 4.17. The van der Waals surface area contributed by atoms with Crippen LogP contribution in [0.4, 0.5) is 0 Å². The van der Waals surface area contributed by atoms with Gasteiger partial charge < -0.3 is 60.7 Å². The number of allylic oxidation sites excluding steroid dienone is 2. The van der Waals surface area contributed by atoms with Crippen LogP contribution in [0, 0.1) is 29.6 Å². The molecule has 0 unspecified atom stereocenters. The van der Waals surface area contributed by atoms with Gasteiger partial charge in [0.05, 0.1) is 12.6 Å². The summed E-state index contributed by atoms with van der Waals surface area (Å²) < 4.78 is 0. The second kappa shape index (κ2) is 32.3. The average Bonchev–Trinajstić information content (AvgIpc) is 3.38. The van der Waals surface area contributed by atoms with Crippen LogP contribution in [0.25, 0.3) is 0 Å². The second-order valence-corrected chi connectivity index (χ2v) is 23.6. The Morgan fingerprint density at radius 2 is 0.925 bits per heavy atom. The Morgan fingerprint density at radius 1 is 0.487 bits per heavy atom. The molecular weight excluding hydrogens is 1030 g/mol. The van der Waals surface area contributed by atoms with E-state index in [-0.39, 0.29) is 43.4 Å². The largest absolute Gasteiger partial charge is 0.390 e. The van der Waals surface area contributed by atoms with Crippen LogP contribution in [0.3, 0.4) is 0 Å². The Kier molecular flexibility index (Phi) is 29.1. The molecule has 0 saturated carbocycles. The zero-order valence-electron chi connectivity index (χ0n) is 52.2. The van der Waals surface area contributed by atoms with Crippen molar-refractivity contribution in [1.29, 1.82) is 0 Å². The first kappa shape index (κ1) is 71.9. The predicted molar refractivity (Wildman–Crippen MR) is 305 cm³/mol. The summed E-state index contributed by atoms with van der Waals surface area (Å²) in [6, 6.07) is -12.3. The van der Waals surface area contributed by atoms with Crippen molar-refractivity contribution < 1.29 is 57.8 Å². The van der Waals surface area contributed by atoms with Gasteiger partial charge in [-0.05, 0) is 96.3 Å². The third-order valence-corrected chi connectivity index (χ3v) is 15.2. The SMILES string of the molecule is C/C=C/C[C@@H](C)[C@@H](O)[C@H]1C(=O)N[C@@H](CC)C(=O)N(C)CC(=O)N(C)[C@H](C)C(=O)N[C@@H](CC(C)C)C(=O)N(C)[C@@H](C)C(=O)N[C@@H](C)C(=O)N[C@H](C)C(=O)N(C)[C@@H](CC(C)C)C(=O)N(C)[C@@H](CC(C)C)C(=O)N(C)[C@@H](C(C)C)C(=O)N1C. The summed E-state index contributed by atoms with van der Waals surface area (Å²) in [7, 11) is 9.74. The first-order valence-electron chi connectivity index (χ1n) is 28.3. The highest BCUT2D eigenvalue weighted by Gasteiger charge is 2.45. The monoisotopic (exact) mass is 1130 g/mol. The van der Waals surface area contributed by atoms with Crippen molar-refractivity contribution in [3.8, 4) is 0 Å². The fourth-order valence-corrected chi connectivity index (χ4v) is 9.61. The molecule has 80 heavy (non-hydrogen) atoms. The van der Waals surface area contributed by atoms with Crippen molar-refractivity contribution in [2.24, 2.45) is 29.6 Å². The van der Waals surface area contributed by atoms with Gasteiger partial charge in [-0.15, -0.1) is 0 Å². The van der Waals surface area contributed by atoms with Gasteiger partial charge in [-0.1, -0.05) is 81.4 Å². The fraction of sp³-hybridized carbons (Fsp3) is 0.772. The molecule has 23 nitrogen and oxygen atoms in total. The lowest BCUT2D eigenvalue weighted by molar-refractivity contribution is -0.157. The molecule has 0 aliphatic carbocycles.